The van der Waals surface area contributed by atoms with Gasteiger partial charge in [0.25, 0.3) is 0 Å². The Kier molecular flexibility index (Phi) is 3.47. The van der Waals surface area contributed by atoms with E-state index in [0.717, 1.165) is 27.1 Å². The molecule has 102 valence electrons. The molecule has 0 fully saturated rings. The van der Waals surface area contributed by atoms with Crippen molar-refractivity contribution in [3.05, 3.63) is 42.9 Å². The summed E-state index contributed by atoms with van der Waals surface area (Å²) in [6.45, 7) is 0. The molecule has 0 unspecified atom stereocenters. The summed E-state index contributed by atoms with van der Waals surface area (Å²) in [6, 6.07) is 7.90. The summed E-state index contributed by atoms with van der Waals surface area (Å²) < 4.78 is 7.20. The lowest BCUT2D eigenvalue weighted by Gasteiger charge is -2.07. The van der Waals surface area contributed by atoms with Crippen LogP contribution in [0.2, 0.25) is 0 Å². The van der Waals surface area contributed by atoms with E-state index in [2.05, 4.69) is 15.3 Å². The highest BCUT2D eigenvalue weighted by atomic mass is 32.2. The fraction of sp³-hybridized carbons (Fsp3) is 0.143. The lowest BCUT2D eigenvalue weighted by molar-refractivity contribution is 0.413. The van der Waals surface area contributed by atoms with Crippen molar-refractivity contribution >= 4 is 23.2 Å². The van der Waals surface area contributed by atoms with Gasteiger partial charge in [0.2, 0.25) is 0 Å². The predicted molar refractivity (Wildman–Crippen MR) is 79.7 cm³/mol. The van der Waals surface area contributed by atoms with Gasteiger partial charge in [-0.15, -0.1) is 0 Å². The molecule has 0 amide bonds. The minimum atomic E-state index is 0.806. The van der Waals surface area contributed by atoms with Gasteiger partial charge < -0.3 is 14.5 Å². The van der Waals surface area contributed by atoms with Crippen LogP contribution in [-0.2, 0) is 0 Å². The third kappa shape index (κ3) is 2.42. The van der Waals surface area contributed by atoms with Gasteiger partial charge in [0, 0.05) is 24.3 Å². The topological polar surface area (TPSA) is 51.5 Å². The van der Waals surface area contributed by atoms with Gasteiger partial charge in [-0.3, -0.25) is 0 Å². The van der Waals surface area contributed by atoms with Gasteiger partial charge in [-0.05, 0) is 18.2 Å². The molecule has 1 N–H and O–H groups in total. The molecular formula is C14H14N4OS. The Morgan fingerprint density at radius 1 is 1.35 bits per heavy atom. The van der Waals surface area contributed by atoms with Gasteiger partial charge in [-0.25, -0.2) is 9.97 Å². The first-order valence-electron chi connectivity index (χ1n) is 6.13. The number of anilines is 1. The molecule has 0 radical (unpaired) electrons. The van der Waals surface area contributed by atoms with E-state index in [4.69, 9.17) is 4.74 Å². The Morgan fingerprint density at radius 2 is 2.25 bits per heavy atom. The maximum atomic E-state index is 5.24. The number of hydrogen-bond donors (Lipinski definition) is 1. The molecule has 3 rings (SSSR count). The standard InChI is InChI=1S/C14H14N4OS/c1-15-12-9-18-7-6-16-13(18)14(17-12)20-11-5-3-4-10(8-11)19-2/h3-9,15H,1-2H3. The lowest BCUT2D eigenvalue weighted by Crippen LogP contribution is -1.98. The number of hydrogen-bond acceptors (Lipinski definition) is 5. The van der Waals surface area contributed by atoms with Crippen LogP contribution >= 0.6 is 11.8 Å². The molecule has 3 aromatic rings. The Morgan fingerprint density at radius 3 is 3.05 bits per heavy atom. The van der Waals surface area contributed by atoms with E-state index in [-0.39, 0.29) is 0 Å². The highest BCUT2D eigenvalue weighted by molar-refractivity contribution is 7.99. The zero-order chi connectivity index (χ0) is 13.9. The molecule has 0 aliphatic heterocycles. The van der Waals surface area contributed by atoms with Crippen molar-refractivity contribution < 1.29 is 4.74 Å². The number of rotatable bonds is 4. The molecule has 0 atom stereocenters. The third-order valence-electron chi connectivity index (χ3n) is 2.86. The molecule has 5 nitrogen and oxygen atoms in total. The van der Waals surface area contributed by atoms with Crippen molar-refractivity contribution in [2.24, 2.45) is 0 Å². The molecular weight excluding hydrogens is 272 g/mol. The van der Waals surface area contributed by atoms with Crippen molar-refractivity contribution in [3.63, 3.8) is 0 Å². The first-order valence-corrected chi connectivity index (χ1v) is 6.95. The van der Waals surface area contributed by atoms with Gasteiger partial charge in [0.1, 0.15) is 16.6 Å². The highest BCUT2D eigenvalue weighted by Crippen LogP contribution is 2.31. The minimum Gasteiger partial charge on any atom is -0.497 e. The smallest absolute Gasteiger partial charge is 0.170 e. The van der Waals surface area contributed by atoms with Crippen LogP contribution in [0.3, 0.4) is 0 Å². The van der Waals surface area contributed by atoms with E-state index in [9.17, 15) is 0 Å². The van der Waals surface area contributed by atoms with E-state index in [1.807, 2.05) is 48.1 Å². The van der Waals surface area contributed by atoms with E-state index in [1.165, 1.54) is 0 Å². The van der Waals surface area contributed by atoms with E-state index < -0.39 is 0 Å². The highest BCUT2D eigenvalue weighted by Gasteiger charge is 2.09. The van der Waals surface area contributed by atoms with Crippen molar-refractivity contribution in [2.45, 2.75) is 9.92 Å². The SMILES string of the molecule is CNc1cn2ccnc2c(Sc2cccc(OC)c2)n1. The minimum absolute atomic E-state index is 0.806. The van der Waals surface area contributed by atoms with Crippen molar-refractivity contribution in [3.8, 4) is 5.75 Å². The fourth-order valence-electron chi connectivity index (χ4n) is 1.87. The number of methoxy groups -OCH3 is 1. The molecule has 0 aliphatic carbocycles. The van der Waals surface area contributed by atoms with Crippen LogP contribution in [0.4, 0.5) is 5.82 Å². The summed E-state index contributed by atoms with van der Waals surface area (Å²) in [7, 11) is 3.52. The monoisotopic (exact) mass is 286 g/mol. The summed E-state index contributed by atoms with van der Waals surface area (Å²) in [6.07, 6.45) is 5.59. The molecule has 0 bridgehead atoms. The first kappa shape index (κ1) is 12.8. The van der Waals surface area contributed by atoms with Crippen LogP contribution in [0.25, 0.3) is 5.65 Å². The number of nitrogens with zero attached hydrogens (tertiary/aromatic N) is 3. The summed E-state index contributed by atoms with van der Waals surface area (Å²) in [5.74, 6) is 1.64. The number of nitrogens with one attached hydrogen (secondary N) is 1. The Hall–Kier alpha value is -2.21. The summed E-state index contributed by atoms with van der Waals surface area (Å²) in [5.41, 5.74) is 0.844. The van der Waals surface area contributed by atoms with Crippen LogP contribution < -0.4 is 10.1 Å². The second kappa shape index (κ2) is 5.42. The Balaban J connectivity index is 2.02. The van der Waals surface area contributed by atoms with Crippen molar-refractivity contribution in [2.75, 3.05) is 19.5 Å². The number of benzene rings is 1. The average Bonchev–Trinajstić information content (AvgIpc) is 2.96. The molecule has 0 saturated heterocycles. The summed E-state index contributed by atoms with van der Waals surface area (Å²) in [5, 5.41) is 3.92. The van der Waals surface area contributed by atoms with Gasteiger partial charge in [0.05, 0.1) is 13.3 Å². The molecule has 2 aromatic heterocycles. The van der Waals surface area contributed by atoms with E-state index in [0.29, 0.717) is 0 Å². The molecule has 2 heterocycles. The zero-order valence-electron chi connectivity index (χ0n) is 11.2. The molecule has 6 heteroatoms. The van der Waals surface area contributed by atoms with Gasteiger partial charge in [-0.2, -0.15) is 0 Å². The van der Waals surface area contributed by atoms with E-state index in [1.54, 1.807) is 25.1 Å². The van der Waals surface area contributed by atoms with Crippen LogP contribution in [0.5, 0.6) is 5.75 Å². The predicted octanol–water partition coefficient (Wildman–Crippen LogP) is 2.93. The molecule has 0 saturated carbocycles. The molecule has 0 spiro atoms. The second-order valence-corrected chi connectivity index (χ2v) is 5.18. The van der Waals surface area contributed by atoms with E-state index >= 15 is 0 Å². The largest absolute Gasteiger partial charge is 0.497 e. The number of aromatic nitrogens is 3. The second-order valence-electron chi connectivity index (χ2n) is 4.12. The summed E-state index contributed by atoms with van der Waals surface area (Å²) >= 11 is 1.57. The maximum Gasteiger partial charge on any atom is 0.170 e. The van der Waals surface area contributed by atoms with Crippen LogP contribution in [-0.4, -0.2) is 28.5 Å². The fourth-order valence-corrected chi connectivity index (χ4v) is 2.81. The summed E-state index contributed by atoms with van der Waals surface area (Å²) in [4.78, 5) is 9.99. The van der Waals surface area contributed by atoms with Gasteiger partial charge >= 0.3 is 0 Å². The number of imidazole rings is 1. The van der Waals surface area contributed by atoms with Crippen LogP contribution in [0.15, 0.2) is 52.8 Å². The number of ether oxygens (including phenoxy) is 1. The lowest BCUT2D eigenvalue weighted by atomic mass is 10.3. The van der Waals surface area contributed by atoms with Crippen LogP contribution in [0.1, 0.15) is 0 Å². The Labute approximate surface area is 121 Å². The van der Waals surface area contributed by atoms with Crippen molar-refractivity contribution in [1.82, 2.24) is 14.4 Å². The van der Waals surface area contributed by atoms with Gasteiger partial charge in [0.15, 0.2) is 5.65 Å². The maximum absolute atomic E-state index is 5.24. The average molecular weight is 286 g/mol. The molecule has 0 aliphatic rings. The zero-order valence-corrected chi connectivity index (χ0v) is 12.0. The van der Waals surface area contributed by atoms with Crippen LogP contribution in [0, 0.1) is 0 Å². The first-order chi connectivity index (χ1) is 9.80. The van der Waals surface area contributed by atoms with Crippen molar-refractivity contribution in [1.29, 1.82) is 0 Å². The number of fused-ring (bicyclic) bond motifs is 1. The normalized spacial score (nSPS) is 10.7. The third-order valence-corrected chi connectivity index (χ3v) is 3.81. The van der Waals surface area contributed by atoms with Gasteiger partial charge in [-0.1, -0.05) is 17.8 Å². The molecule has 20 heavy (non-hydrogen) atoms. The Bertz CT molecular complexity index is 741. The quantitative estimate of drug-likeness (QED) is 0.799. The molecule has 1 aromatic carbocycles.